The van der Waals surface area contributed by atoms with Crippen LogP contribution in [0.5, 0.6) is 0 Å². The van der Waals surface area contributed by atoms with Gasteiger partial charge in [-0.2, -0.15) is 0 Å². The van der Waals surface area contributed by atoms with Crippen LogP contribution in [-0.2, 0) is 4.79 Å². The van der Waals surface area contributed by atoms with E-state index in [0.29, 0.717) is 10.6 Å². The number of hydrogen-bond acceptors (Lipinski definition) is 2. The van der Waals surface area contributed by atoms with Crippen LogP contribution in [0.25, 0.3) is 0 Å². The molecule has 0 atom stereocenters. The van der Waals surface area contributed by atoms with Crippen molar-refractivity contribution in [3.05, 3.63) is 34.9 Å². The van der Waals surface area contributed by atoms with Crippen LogP contribution >= 0.6 is 11.6 Å². The Morgan fingerprint density at radius 2 is 1.67 bits per heavy atom. The first kappa shape index (κ1) is 14.7. The highest BCUT2D eigenvalue weighted by Crippen LogP contribution is 2.14. The molecule has 0 N–H and O–H groups in total. The third-order valence-electron chi connectivity index (χ3n) is 2.63. The Morgan fingerprint density at radius 3 is 2.11 bits per heavy atom. The van der Waals surface area contributed by atoms with Crippen LogP contribution < -0.4 is 0 Å². The van der Waals surface area contributed by atoms with Gasteiger partial charge < -0.3 is 4.90 Å². The van der Waals surface area contributed by atoms with E-state index in [2.05, 4.69) is 0 Å². The summed E-state index contributed by atoms with van der Waals surface area (Å²) in [6.07, 6.45) is 0. The number of amides is 1. The lowest BCUT2D eigenvalue weighted by atomic mass is 10.1. The Labute approximate surface area is 113 Å². The van der Waals surface area contributed by atoms with Crippen molar-refractivity contribution in [2.45, 2.75) is 39.8 Å². The zero-order chi connectivity index (χ0) is 13.9. The van der Waals surface area contributed by atoms with Crippen molar-refractivity contribution in [3.63, 3.8) is 0 Å². The molecule has 0 heterocycles. The molecule has 0 aliphatic heterocycles. The van der Waals surface area contributed by atoms with Crippen molar-refractivity contribution in [1.29, 1.82) is 0 Å². The molecule has 4 heteroatoms. The van der Waals surface area contributed by atoms with Gasteiger partial charge in [0.1, 0.15) is 0 Å². The fraction of sp³-hybridized carbons (Fsp3) is 0.429. The lowest BCUT2D eigenvalue weighted by molar-refractivity contribution is -0.129. The number of hydrogen-bond donors (Lipinski definition) is 0. The molecule has 0 aromatic heterocycles. The highest BCUT2D eigenvalue weighted by molar-refractivity contribution is 6.43. The van der Waals surface area contributed by atoms with E-state index < -0.39 is 11.7 Å². The predicted molar refractivity (Wildman–Crippen MR) is 72.9 cm³/mol. The van der Waals surface area contributed by atoms with Crippen LogP contribution in [-0.4, -0.2) is 28.7 Å². The molecule has 1 amide bonds. The van der Waals surface area contributed by atoms with Crippen molar-refractivity contribution in [2.24, 2.45) is 0 Å². The summed E-state index contributed by atoms with van der Waals surface area (Å²) < 4.78 is 0. The molecule has 0 aliphatic carbocycles. The van der Waals surface area contributed by atoms with Crippen LogP contribution in [0.1, 0.15) is 38.1 Å². The maximum Gasteiger partial charge on any atom is 0.295 e. The Morgan fingerprint density at radius 1 is 1.11 bits per heavy atom. The molecule has 0 aliphatic rings. The number of ketones is 1. The molecule has 1 aromatic carbocycles. The van der Waals surface area contributed by atoms with Crippen molar-refractivity contribution in [3.8, 4) is 0 Å². The second-order valence-corrected chi connectivity index (χ2v) is 5.18. The average Bonchev–Trinajstić information content (AvgIpc) is 2.26. The largest absolute Gasteiger partial charge is 0.331 e. The van der Waals surface area contributed by atoms with Crippen molar-refractivity contribution < 1.29 is 9.59 Å². The summed E-state index contributed by atoms with van der Waals surface area (Å²) in [7, 11) is 0. The summed E-state index contributed by atoms with van der Waals surface area (Å²) in [5.74, 6) is -0.998. The van der Waals surface area contributed by atoms with Gasteiger partial charge in [-0.1, -0.05) is 23.7 Å². The molecule has 0 bridgehead atoms. The molecular weight excluding hydrogens is 250 g/mol. The van der Waals surface area contributed by atoms with Crippen molar-refractivity contribution >= 4 is 23.3 Å². The summed E-state index contributed by atoms with van der Waals surface area (Å²) in [5, 5.41) is 0.453. The van der Waals surface area contributed by atoms with Crippen LogP contribution in [0.2, 0.25) is 5.02 Å². The minimum Gasteiger partial charge on any atom is -0.331 e. The van der Waals surface area contributed by atoms with E-state index in [1.807, 2.05) is 27.7 Å². The maximum absolute atomic E-state index is 12.2. The smallest absolute Gasteiger partial charge is 0.295 e. The van der Waals surface area contributed by atoms with Gasteiger partial charge in [0.25, 0.3) is 5.91 Å². The standard InChI is InChI=1S/C14H18ClNO2/c1-9(2)16(10(3)4)14(18)13(17)11-6-5-7-12(15)8-11/h5-10H,1-4H3. The molecule has 0 saturated carbocycles. The fourth-order valence-electron chi connectivity index (χ4n) is 1.94. The van der Waals surface area contributed by atoms with Crippen molar-refractivity contribution in [2.75, 3.05) is 0 Å². The second-order valence-electron chi connectivity index (χ2n) is 4.74. The average molecular weight is 268 g/mol. The summed E-state index contributed by atoms with van der Waals surface area (Å²) in [4.78, 5) is 25.8. The zero-order valence-electron chi connectivity index (χ0n) is 11.1. The summed E-state index contributed by atoms with van der Waals surface area (Å²) >= 11 is 5.82. The zero-order valence-corrected chi connectivity index (χ0v) is 11.9. The Hall–Kier alpha value is -1.35. The van der Waals surface area contributed by atoms with Gasteiger partial charge in [0.2, 0.25) is 5.78 Å². The normalized spacial score (nSPS) is 10.8. The van der Waals surface area contributed by atoms with E-state index in [4.69, 9.17) is 11.6 Å². The molecule has 0 unspecified atom stereocenters. The minimum absolute atomic E-state index is 0.0133. The number of carbonyl (C=O) groups excluding carboxylic acids is 2. The van der Waals surface area contributed by atoms with E-state index in [-0.39, 0.29) is 12.1 Å². The maximum atomic E-state index is 12.2. The topological polar surface area (TPSA) is 37.4 Å². The van der Waals surface area contributed by atoms with Gasteiger partial charge >= 0.3 is 0 Å². The number of nitrogens with zero attached hydrogens (tertiary/aromatic N) is 1. The van der Waals surface area contributed by atoms with Crippen LogP contribution in [0.4, 0.5) is 0 Å². The SMILES string of the molecule is CC(C)N(C(=O)C(=O)c1cccc(Cl)c1)C(C)C. The number of halogens is 1. The van der Waals surface area contributed by atoms with Crippen LogP contribution in [0, 0.1) is 0 Å². The van der Waals surface area contributed by atoms with E-state index >= 15 is 0 Å². The Kier molecular flexibility index (Phi) is 4.91. The number of carbonyl (C=O) groups is 2. The number of benzene rings is 1. The molecule has 0 radical (unpaired) electrons. The molecule has 0 spiro atoms. The molecule has 3 nitrogen and oxygen atoms in total. The lowest BCUT2D eigenvalue weighted by Gasteiger charge is -2.30. The van der Waals surface area contributed by atoms with E-state index in [0.717, 1.165) is 0 Å². The molecule has 0 saturated heterocycles. The van der Waals surface area contributed by atoms with Gasteiger partial charge in [-0.25, -0.2) is 0 Å². The summed E-state index contributed by atoms with van der Waals surface area (Å²) in [6.45, 7) is 7.57. The summed E-state index contributed by atoms with van der Waals surface area (Å²) in [6, 6.07) is 6.43. The Balaban J connectivity index is 2.99. The first-order chi connectivity index (χ1) is 8.34. The van der Waals surface area contributed by atoms with Crippen LogP contribution in [0.3, 0.4) is 0 Å². The van der Waals surface area contributed by atoms with Gasteiger partial charge in [-0.15, -0.1) is 0 Å². The Bertz CT molecular complexity index is 447. The van der Waals surface area contributed by atoms with Crippen LogP contribution in [0.15, 0.2) is 24.3 Å². The quantitative estimate of drug-likeness (QED) is 0.621. The predicted octanol–water partition coefficient (Wildman–Crippen LogP) is 3.17. The highest BCUT2D eigenvalue weighted by Gasteiger charge is 2.27. The van der Waals surface area contributed by atoms with E-state index in [1.165, 1.54) is 6.07 Å². The number of Topliss-reactive ketones (excluding diaryl/α,β-unsaturated/α-hetero) is 1. The van der Waals surface area contributed by atoms with Gasteiger partial charge in [0, 0.05) is 22.7 Å². The van der Waals surface area contributed by atoms with E-state index in [9.17, 15) is 9.59 Å². The van der Waals surface area contributed by atoms with Gasteiger partial charge in [-0.3, -0.25) is 9.59 Å². The third kappa shape index (κ3) is 3.33. The molecule has 18 heavy (non-hydrogen) atoms. The molecular formula is C14H18ClNO2. The number of rotatable bonds is 4. The minimum atomic E-state index is -0.514. The van der Waals surface area contributed by atoms with Gasteiger partial charge in [0.15, 0.2) is 0 Å². The first-order valence-electron chi connectivity index (χ1n) is 5.97. The van der Waals surface area contributed by atoms with E-state index in [1.54, 1.807) is 23.1 Å². The fourth-order valence-corrected chi connectivity index (χ4v) is 2.13. The lowest BCUT2D eigenvalue weighted by Crippen LogP contribution is -2.45. The third-order valence-corrected chi connectivity index (χ3v) is 2.86. The van der Waals surface area contributed by atoms with Gasteiger partial charge in [0.05, 0.1) is 0 Å². The molecule has 0 fully saturated rings. The monoisotopic (exact) mass is 267 g/mol. The highest BCUT2D eigenvalue weighted by atomic mass is 35.5. The summed E-state index contributed by atoms with van der Waals surface area (Å²) in [5.41, 5.74) is 0.332. The van der Waals surface area contributed by atoms with Crippen molar-refractivity contribution in [1.82, 2.24) is 4.90 Å². The second kappa shape index (κ2) is 6.01. The molecule has 1 aromatic rings. The molecule has 1 rings (SSSR count). The first-order valence-corrected chi connectivity index (χ1v) is 6.35. The van der Waals surface area contributed by atoms with Gasteiger partial charge in [-0.05, 0) is 39.8 Å². The molecule has 98 valence electrons.